The SMILES string of the molecule is OCCN(CCO)CCNc1nc(N2CCCCC2)nc(N2CCCCC2)n1. The van der Waals surface area contributed by atoms with Gasteiger partial charge in [-0.15, -0.1) is 0 Å². The van der Waals surface area contributed by atoms with Crippen molar-refractivity contribution >= 4 is 17.8 Å². The fraction of sp³-hybridized carbons (Fsp3) is 0.842. The van der Waals surface area contributed by atoms with E-state index in [-0.39, 0.29) is 13.2 Å². The average molecular weight is 394 g/mol. The molecule has 0 amide bonds. The highest BCUT2D eigenvalue weighted by atomic mass is 16.3. The van der Waals surface area contributed by atoms with Crippen LogP contribution in [0.4, 0.5) is 17.8 Å². The van der Waals surface area contributed by atoms with Gasteiger partial charge in [-0.2, -0.15) is 15.0 Å². The molecule has 0 spiro atoms. The van der Waals surface area contributed by atoms with Gasteiger partial charge in [0, 0.05) is 52.4 Å². The molecule has 158 valence electrons. The molecule has 2 aliphatic heterocycles. The van der Waals surface area contributed by atoms with E-state index in [4.69, 9.17) is 15.2 Å². The number of aliphatic hydroxyl groups excluding tert-OH is 2. The van der Waals surface area contributed by atoms with E-state index < -0.39 is 0 Å². The third kappa shape index (κ3) is 6.15. The Balaban J connectivity index is 1.69. The van der Waals surface area contributed by atoms with Crippen LogP contribution in [0.25, 0.3) is 0 Å². The van der Waals surface area contributed by atoms with Crippen LogP contribution in [-0.2, 0) is 0 Å². The van der Waals surface area contributed by atoms with Crippen LogP contribution in [0.3, 0.4) is 0 Å². The minimum Gasteiger partial charge on any atom is -0.395 e. The van der Waals surface area contributed by atoms with Gasteiger partial charge in [0.1, 0.15) is 0 Å². The molecule has 0 saturated carbocycles. The van der Waals surface area contributed by atoms with Gasteiger partial charge in [0.05, 0.1) is 13.2 Å². The Kier molecular flexibility index (Phi) is 8.50. The molecular formula is C19H35N7O2. The Morgan fingerprint density at radius 1 is 0.714 bits per heavy atom. The summed E-state index contributed by atoms with van der Waals surface area (Å²) in [7, 11) is 0. The lowest BCUT2D eigenvalue weighted by molar-refractivity contribution is 0.165. The lowest BCUT2D eigenvalue weighted by atomic mass is 10.1. The largest absolute Gasteiger partial charge is 0.395 e. The van der Waals surface area contributed by atoms with Crippen molar-refractivity contribution < 1.29 is 10.2 Å². The summed E-state index contributed by atoms with van der Waals surface area (Å²) in [5, 5.41) is 21.6. The first kappa shape index (κ1) is 21.0. The number of aliphatic hydroxyl groups is 2. The minimum atomic E-state index is 0.0873. The Hall–Kier alpha value is -1.71. The van der Waals surface area contributed by atoms with E-state index in [1.165, 1.54) is 38.5 Å². The quantitative estimate of drug-likeness (QED) is 0.526. The predicted octanol–water partition coefficient (Wildman–Crippen LogP) is 0.551. The molecule has 2 fully saturated rings. The molecule has 0 atom stereocenters. The maximum absolute atomic E-state index is 9.15. The van der Waals surface area contributed by atoms with Gasteiger partial charge in [0.2, 0.25) is 17.8 Å². The van der Waals surface area contributed by atoms with Crippen LogP contribution in [0.15, 0.2) is 0 Å². The third-order valence-corrected chi connectivity index (χ3v) is 5.43. The van der Waals surface area contributed by atoms with Gasteiger partial charge >= 0.3 is 0 Å². The van der Waals surface area contributed by atoms with Gasteiger partial charge in [-0.05, 0) is 38.5 Å². The first-order valence-corrected chi connectivity index (χ1v) is 10.7. The number of hydrogen-bond donors (Lipinski definition) is 3. The topological polar surface area (TPSA) is 101 Å². The van der Waals surface area contributed by atoms with Gasteiger partial charge in [-0.25, -0.2) is 0 Å². The molecule has 2 saturated heterocycles. The van der Waals surface area contributed by atoms with Crippen LogP contribution in [0.5, 0.6) is 0 Å². The molecule has 1 aromatic heterocycles. The van der Waals surface area contributed by atoms with Gasteiger partial charge in [0.25, 0.3) is 0 Å². The fourth-order valence-corrected chi connectivity index (χ4v) is 3.85. The van der Waals surface area contributed by atoms with E-state index >= 15 is 0 Å². The molecule has 0 aromatic carbocycles. The summed E-state index contributed by atoms with van der Waals surface area (Å²) in [6, 6.07) is 0. The molecule has 9 nitrogen and oxygen atoms in total. The molecule has 1 aromatic rings. The second kappa shape index (κ2) is 11.3. The van der Waals surface area contributed by atoms with Crippen LogP contribution in [0.2, 0.25) is 0 Å². The molecule has 9 heteroatoms. The second-order valence-electron chi connectivity index (χ2n) is 7.57. The molecule has 3 heterocycles. The second-order valence-corrected chi connectivity index (χ2v) is 7.57. The summed E-state index contributed by atoms with van der Waals surface area (Å²) in [6.45, 7) is 6.66. The minimum absolute atomic E-state index is 0.0873. The average Bonchev–Trinajstić information content (AvgIpc) is 2.75. The fourth-order valence-electron chi connectivity index (χ4n) is 3.85. The zero-order valence-corrected chi connectivity index (χ0v) is 16.9. The summed E-state index contributed by atoms with van der Waals surface area (Å²) in [6.07, 6.45) is 7.29. The smallest absolute Gasteiger partial charge is 0.231 e. The van der Waals surface area contributed by atoms with Gasteiger partial charge in [-0.3, -0.25) is 4.90 Å². The van der Waals surface area contributed by atoms with E-state index in [2.05, 4.69) is 25.1 Å². The maximum atomic E-state index is 9.15. The number of nitrogens with zero attached hydrogens (tertiary/aromatic N) is 6. The zero-order chi connectivity index (χ0) is 19.6. The third-order valence-electron chi connectivity index (χ3n) is 5.43. The first-order valence-electron chi connectivity index (χ1n) is 10.7. The molecule has 0 unspecified atom stereocenters. The Morgan fingerprint density at radius 2 is 1.21 bits per heavy atom. The molecule has 28 heavy (non-hydrogen) atoms. The summed E-state index contributed by atoms with van der Waals surface area (Å²) in [5.41, 5.74) is 0. The van der Waals surface area contributed by atoms with Crippen LogP contribution in [0.1, 0.15) is 38.5 Å². The van der Waals surface area contributed by atoms with Gasteiger partial charge in [-0.1, -0.05) is 0 Å². The molecule has 0 aliphatic carbocycles. The molecule has 3 rings (SSSR count). The molecule has 2 aliphatic rings. The highest BCUT2D eigenvalue weighted by Gasteiger charge is 2.20. The van der Waals surface area contributed by atoms with E-state index in [0.717, 1.165) is 38.1 Å². The number of anilines is 3. The number of hydrogen-bond acceptors (Lipinski definition) is 9. The van der Waals surface area contributed by atoms with Gasteiger partial charge < -0.3 is 25.3 Å². The Bertz CT molecular complexity index is 535. The summed E-state index contributed by atoms with van der Waals surface area (Å²) >= 11 is 0. The van der Waals surface area contributed by atoms with Crippen molar-refractivity contribution in [3.8, 4) is 0 Å². The zero-order valence-electron chi connectivity index (χ0n) is 16.9. The summed E-state index contributed by atoms with van der Waals surface area (Å²) in [4.78, 5) is 20.7. The molecule has 0 radical (unpaired) electrons. The molecule has 0 bridgehead atoms. The van der Waals surface area contributed by atoms with Crippen LogP contribution in [-0.4, -0.2) is 95.6 Å². The molecular weight excluding hydrogens is 358 g/mol. The number of aromatic nitrogens is 3. The van der Waals surface area contributed by atoms with Crippen molar-refractivity contribution in [1.82, 2.24) is 19.9 Å². The van der Waals surface area contributed by atoms with Crippen LogP contribution in [0, 0.1) is 0 Å². The normalized spacial score (nSPS) is 18.0. The van der Waals surface area contributed by atoms with E-state index in [9.17, 15) is 0 Å². The first-order chi connectivity index (χ1) is 13.8. The Morgan fingerprint density at radius 3 is 1.68 bits per heavy atom. The summed E-state index contributed by atoms with van der Waals surface area (Å²) in [5.74, 6) is 2.17. The standard InChI is InChI=1S/C19H35N7O2/c27-15-13-24(14-16-28)12-7-20-17-21-18(25-8-3-1-4-9-25)23-19(22-17)26-10-5-2-6-11-26/h27-28H,1-16H2,(H,20,21,22,23). The van der Waals surface area contributed by atoms with Crippen molar-refractivity contribution in [3.05, 3.63) is 0 Å². The van der Waals surface area contributed by atoms with Crippen molar-refractivity contribution in [2.45, 2.75) is 38.5 Å². The van der Waals surface area contributed by atoms with Crippen molar-refractivity contribution in [2.24, 2.45) is 0 Å². The predicted molar refractivity (Wildman–Crippen MR) is 111 cm³/mol. The monoisotopic (exact) mass is 393 g/mol. The highest BCUT2D eigenvalue weighted by Crippen LogP contribution is 2.22. The lowest BCUT2D eigenvalue weighted by Crippen LogP contribution is -2.35. The summed E-state index contributed by atoms with van der Waals surface area (Å²) < 4.78 is 0. The van der Waals surface area contributed by atoms with E-state index in [1.807, 2.05) is 4.90 Å². The van der Waals surface area contributed by atoms with Crippen molar-refractivity contribution in [2.75, 3.05) is 80.7 Å². The number of nitrogens with one attached hydrogen (secondary N) is 1. The van der Waals surface area contributed by atoms with Crippen molar-refractivity contribution in [1.29, 1.82) is 0 Å². The van der Waals surface area contributed by atoms with Crippen LogP contribution >= 0.6 is 0 Å². The molecule has 3 N–H and O–H groups in total. The van der Waals surface area contributed by atoms with E-state index in [1.54, 1.807) is 0 Å². The highest BCUT2D eigenvalue weighted by molar-refractivity contribution is 5.45. The van der Waals surface area contributed by atoms with E-state index in [0.29, 0.717) is 32.1 Å². The maximum Gasteiger partial charge on any atom is 0.231 e. The van der Waals surface area contributed by atoms with Gasteiger partial charge in [0.15, 0.2) is 0 Å². The van der Waals surface area contributed by atoms with Crippen molar-refractivity contribution in [3.63, 3.8) is 0 Å². The lowest BCUT2D eigenvalue weighted by Gasteiger charge is -2.30. The van der Waals surface area contributed by atoms with Crippen LogP contribution < -0.4 is 15.1 Å². The number of rotatable bonds is 10. The Labute approximate surface area is 167 Å². The number of piperidine rings is 2.